The summed E-state index contributed by atoms with van der Waals surface area (Å²) in [7, 11) is 1.94. The Bertz CT molecular complexity index is 463. The zero-order chi connectivity index (χ0) is 11.4. The SMILES string of the molecule is Cn1cnnc1CCNc1ccccc1N. The summed E-state index contributed by atoms with van der Waals surface area (Å²) in [5.41, 5.74) is 7.54. The van der Waals surface area contributed by atoms with Crippen LogP contribution in [0.25, 0.3) is 0 Å². The van der Waals surface area contributed by atoms with Crippen molar-refractivity contribution in [3.8, 4) is 0 Å². The first-order valence-corrected chi connectivity index (χ1v) is 5.18. The normalized spacial score (nSPS) is 10.3. The number of anilines is 2. The van der Waals surface area contributed by atoms with Crippen molar-refractivity contribution in [1.29, 1.82) is 0 Å². The van der Waals surface area contributed by atoms with Crippen molar-refractivity contribution in [2.24, 2.45) is 7.05 Å². The zero-order valence-electron chi connectivity index (χ0n) is 9.22. The summed E-state index contributed by atoms with van der Waals surface area (Å²) in [6.45, 7) is 0.792. The predicted molar refractivity (Wildman–Crippen MR) is 64.1 cm³/mol. The van der Waals surface area contributed by atoms with Gasteiger partial charge in [0.05, 0.1) is 11.4 Å². The van der Waals surface area contributed by atoms with Gasteiger partial charge in [-0.15, -0.1) is 10.2 Å². The van der Waals surface area contributed by atoms with E-state index in [1.165, 1.54) is 0 Å². The van der Waals surface area contributed by atoms with E-state index in [9.17, 15) is 0 Å². The van der Waals surface area contributed by atoms with Gasteiger partial charge in [0.2, 0.25) is 0 Å². The van der Waals surface area contributed by atoms with Crippen LogP contribution in [-0.4, -0.2) is 21.3 Å². The molecule has 2 aromatic rings. The minimum atomic E-state index is 0.764. The number of nitrogens with one attached hydrogen (secondary N) is 1. The van der Waals surface area contributed by atoms with E-state index in [2.05, 4.69) is 15.5 Å². The maximum atomic E-state index is 5.81. The maximum absolute atomic E-state index is 5.81. The van der Waals surface area contributed by atoms with E-state index in [1.54, 1.807) is 6.33 Å². The van der Waals surface area contributed by atoms with Gasteiger partial charge in [0.1, 0.15) is 12.2 Å². The van der Waals surface area contributed by atoms with Crippen LogP contribution in [0.5, 0.6) is 0 Å². The molecule has 1 aromatic heterocycles. The Morgan fingerprint density at radius 2 is 2.19 bits per heavy atom. The second-order valence-corrected chi connectivity index (χ2v) is 3.62. The Hall–Kier alpha value is -2.04. The summed E-state index contributed by atoms with van der Waals surface area (Å²) in [5, 5.41) is 11.1. The minimum absolute atomic E-state index is 0.764. The number of nitrogens with zero attached hydrogens (tertiary/aromatic N) is 3. The topological polar surface area (TPSA) is 68.8 Å². The highest BCUT2D eigenvalue weighted by atomic mass is 15.2. The quantitative estimate of drug-likeness (QED) is 0.751. The highest BCUT2D eigenvalue weighted by Crippen LogP contribution is 2.16. The van der Waals surface area contributed by atoms with Crippen molar-refractivity contribution in [1.82, 2.24) is 14.8 Å². The van der Waals surface area contributed by atoms with Crippen molar-refractivity contribution in [3.05, 3.63) is 36.4 Å². The van der Waals surface area contributed by atoms with E-state index in [-0.39, 0.29) is 0 Å². The van der Waals surface area contributed by atoms with Gasteiger partial charge in [-0.3, -0.25) is 0 Å². The van der Waals surface area contributed by atoms with E-state index in [0.29, 0.717) is 0 Å². The summed E-state index contributed by atoms with van der Waals surface area (Å²) in [6, 6.07) is 7.72. The van der Waals surface area contributed by atoms with E-state index < -0.39 is 0 Å². The van der Waals surface area contributed by atoms with Crippen LogP contribution in [0.1, 0.15) is 5.82 Å². The number of benzene rings is 1. The third-order valence-electron chi connectivity index (χ3n) is 2.43. The van der Waals surface area contributed by atoms with Crippen molar-refractivity contribution in [2.45, 2.75) is 6.42 Å². The molecule has 0 spiro atoms. The second kappa shape index (κ2) is 4.65. The first kappa shape index (κ1) is 10.5. The standard InChI is InChI=1S/C11H15N5/c1-16-8-14-15-11(16)6-7-13-10-5-3-2-4-9(10)12/h2-5,8,13H,6-7,12H2,1H3. The number of hydrogen-bond acceptors (Lipinski definition) is 4. The molecular weight excluding hydrogens is 202 g/mol. The van der Waals surface area contributed by atoms with Gasteiger partial charge in [0.25, 0.3) is 0 Å². The van der Waals surface area contributed by atoms with Gasteiger partial charge in [-0.1, -0.05) is 12.1 Å². The Balaban J connectivity index is 1.89. The molecule has 0 atom stereocenters. The molecule has 84 valence electrons. The van der Waals surface area contributed by atoms with Crippen LogP contribution in [0.4, 0.5) is 11.4 Å². The summed E-state index contributed by atoms with van der Waals surface area (Å²) in [4.78, 5) is 0. The first-order valence-electron chi connectivity index (χ1n) is 5.18. The van der Waals surface area contributed by atoms with Gasteiger partial charge < -0.3 is 15.6 Å². The summed E-state index contributed by atoms with van der Waals surface area (Å²) < 4.78 is 1.91. The fraction of sp³-hybridized carbons (Fsp3) is 0.273. The average Bonchev–Trinajstić information content (AvgIpc) is 2.67. The molecule has 0 radical (unpaired) electrons. The van der Waals surface area contributed by atoms with E-state index >= 15 is 0 Å². The lowest BCUT2D eigenvalue weighted by atomic mass is 10.2. The largest absolute Gasteiger partial charge is 0.397 e. The Kier molecular flexibility index (Phi) is 3.05. The summed E-state index contributed by atoms with van der Waals surface area (Å²) in [6.07, 6.45) is 2.52. The number of nitrogens with two attached hydrogens (primary N) is 1. The Morgan fingerprint density at radius 1 is 1.38 bits per heavy atom. The van der Waals surface area contributed by atoms with Crippen LogP contribution in [0, 0.1) is 0 Å². The predicted octanol–water partition coefficient (Wildman–Crippen LogP) is 1.05. The molecule has 0 aliphatic heterocycles. The van der Waals surface area contributed by atoms with Crippen LogP contribution >= 0.6 is 0 Å². The molecule has 0 aliphatic carbocycles. The van der Waals surface area contributed by atoms with Crippen molar-refractivity contribution >= 4 is 11.4 Å². The minimum Gasteiger partial charge on any atom is -0.397 e. The fourth-order valence-electron chi connectivity index (χ4n) is 1.50. The summed E-state index contributed by atoms with van der Waals surface area (Å²) in [5.74, 6) is 0.960. The van der Waals surface area contributed by atoms with Crippen molar-refractivity contribution < 1.29 is 0 Å². The van der Waals surface area contributed by atoms with E-state index in [0.717, 1.165) is 30.2 Å². The van der Waals surface area contributed by atoms with Gasteiger partial charge in [-0.25, -0.2) is 0 Å². The average molecular weight is 217 g/mol. The lowest BCUT2D eigenvalue weighted by Gasteiger charge is -2.08. The molecule has 0 unspecified atom stereocenters. The van der Waals surface area contributed by atoms with Gasteiger partial charge in [0, 0.05) is 20.0 Å². The molecule has 1 aromatic carbocycles. The number of rotatable bonds is 4. The fourth-order valence-corrected chi connectivity index (χ4v) is 1.50. The molecule has 2 rings (SSSR count). The second-order valence-electron chi connectivity index (χ2n) is 3.62. The first-order chi connectivity index (χ1) is 7.77. The van der Waals surface area contributed by atoms with Crippen LogP contribution in [-0.2, 0) is 13.5 Å². The Labute approximate surface area is 94.3 Å². The lowest BCUT2D eigenvalue weighted by Crippen LogP contribution is -2.09. The maximum Gasteiger partial charge on any atom is 0.134 e. The molecule has 0 bridgehead atoms. The molecule has 1 heterocycles. The Morgan fingerprint density at radius 3 is 2.88 bits per heavy atom. The van der Waals surface area contributed by atoms with Crippen LogP contribution in [0.2, 0.25) is 0 Å². The molecule has 0 saturated carbocycles. The highest BCUT2D eigenvalue weighted by molar-refractivity contribution is 5.65. The van der Waals surface area contributed by atoms with Crippen LogP contribution in [0.15, 0.2) is 30.6 Å². The smallest absolute Gasteiger partial charge is 0.134 e. The molecule has 0 aliphatic rings. The molecule has 0 saturated heterocycles. The molecule has 0 amide bonds. The number of aromatic nitrogens is 3. The molecule has 5 nitrogen and oxygen atoms in total. The number of aryl methyl sites for hydroxylation is 1. The van der Waals surface area contributed by atoms with Crippen molar-refractivity contribution in [2.75, 3.05) is 17.6 Å². The van der Waals surface area contributed by atoms with Crippen LogP contribution < -0.4 is 11.1 Å². The van der Waals surface area contributed by atoms with Crippen LogP contribution in [0.3, 0.4) is 0 Å². The van der Waals surface area contributed by atoms with Crippen molar-refractivity contribution in [3.63, 3.8) is 0 Å². The number of hydrogen-bond donors (Lipinski definition) is 2. The van der Waals surface area contributed by atoms with Gasteiger partial charge in [0.15, 0.2) is 0 Å². The van der Waals surface area contributed by atoms with Gasteiger partial charge >= 0.3 is 0 Å². The zero-order valence-corrected chi connectivity index (χ0v) is 9.22. The molecular formula is C11H15N5. The molecule has 0 fully saturated rings. The lowest BCUT2D eigenvalue weighted by molar-refractivity contribution is 0.788. The van der Waals surface area contributed by atoms with Gasteiger partial charge in [-0.05, 0) is 12.1 Å². The van der Waals surface area contributed by atoms with E-state index in [1.807, 2.05) is 35.9 Å². The monoisotopic (exact) mass is 217 g/mol. The van der Waals surface area contributed by atoms with E-state index in [4.69, 9.17) is 5.73 Å². The summed E-state index contributed by atoms with van der Waals surface area (Å²) >= 11 is 0. The highest BCUT2D eigenvalue weighted by Gasteiger charge is 2.01. The van der Waals surface area contributed by atoms with Gasteiger partial charge in [-0.2, -0.15) is 0 Å². The molecule has 3 N–H and O–H groups in total. The third kappa shape index (κ3) is 2.31. The molecule has 5 heteroatoms. The third-order valence-corrected chi connectivity index (χ3v) is 2.43. The number of nitrogen functional groups attached to an aromatic ring is 1. The number of para-hydroxylation sites is 2. The molecule has 16 heavy (non-hydrogen) atoms.